The molecule has 5 nitrogen and oxygen atoms in total. The lowest BCUT2D eigenvalue weighted by Crippen LogP contribution is -2.30. The lowest BCUT2D eigenvalue weighted by Gasteiger charge is -2.29. The quantitative estimate of drug-likeness (QED) is 0.344. The summed E-state index contributed by atoms with van der Waals surface area (Å²) in [5.74, 6) is 0.845. The molecular weight excluding hydrogens is 440 g/mol. The number of anilines is 1. The summed E-state index contributed by atoms with van der Waals surface area (Å²) >= 11 is 5.88. The van der Waals surface area contributed by atoms with Crippen molar-refractivity contribution in [1.29, 1.82) is 0 Å². The maximum absolute atomic E-state index is 5.88. The molecule has 1 N–H and O–H groups in total. The summed E-state index contributed by atoms with van der Waals surface area (Å²) < 4.78 is 8.09. The van der Waals surface area contributed by atoms with Gasteiger partial charge in [-0.1, -0.05) is 23.8 Å². The van der Waals surface area contributed by atoms with E-state index in [-0.39, 0.29) is 18.2 Å². The molecule has 0 saturated carbocycles. The summed E-state index contributed by atoms with van der Waals surface area (Å²) in [6.45, 7) is 6.16. The molecule has 3 heterocycles. The monoisotopic (exact) mass is 468 g/mol. The van der Waals surface area contributed by atoms with E-state index in [0.717, 1.165) is 28.5 Å². The summed E-state index contributed by atoms with van der Waals surface area (Å²) in [5, 5.41) is 4.22. The molecule has 4 aromatic rings. The van der Waals surface area contributed by atoms with Crippen LogP contribution in [0.15, 0.2) is 91.3 Å². The number of pyridine rings is 1. The number of nitrogens with zero attached hydrogens (tertiary/aromatic N) is 3. The van der Waals surface area contributed by atoms with Gasteiger partial charge in [0.2, 0.25) is 0 Å². The van der Waals surface area contributed by atoms with Crippen molar-refractivity contribution in [2.24, 2.45) is 0 Å². The minimum absolute atomic E-state index is 0.0874. The van der Waals surface area contributed by atoms with E-state index in [1.54, 1.807) is 0 Å². The second kappa shape index (κ2) is 9.31. The zero-order valence-corrected chi connectivity index (χ0v) is 20.4. The van der Waals surface area contributed by atoms with Gasteiger partial charge in [-0.3, -0.25) is 4.98 Å². The van der Waals surface area contributed by atoms with Gasteiger partial charge in [-0.15, -0.1) is 0 Å². The number of hydrogen-bond donors (Lipinski definition) is 1. The molecule has 172 valence electrons. The van der Waals surface area contributed by atoms with Crippen LogP contribution in [-0.2, 0) is 0 Å². The maximum atomic E-state index is 5.88. The normalized spacial score (nSPS) is 17.8. The maximum Gasteiger partial charge on any atom is 0.174 e. The molecule has 0 aliphatic carbocycles. The van der Waals surface area contributed by atoms with E-state index in [4.69, 9.17) is 17.0 Å². The topological polar surface area (TPSA) is 42.3 Å². The first-order valence-corrected chi connectivity index (χ1v) is 11.9. The predicted octanol–water partition coefficient (Wildman–Crippen LogP) is 6.15. The third-order valence-electron chi connectivity index (χ3n) is 5.98. The zero-order valence-electron chi connectivity index (χ0n) is 19.6. The molecule has 0 bridgehead atoms. The van der Waals surface area contributed by atoms with Crippen molar-refractivity contribution < 1.29 is 4.74 Å². The molecule has 2 aromatic carbocycles. The van der Waals surface area contributed by atoms with Crippen LogP contribution in [0.3, 0.4) is 0 Å². The molecular formula is C28H28N4OS. The third-order valence-corrected chi connectivity index (χ3v) is 6.29. The Hall–Kier alpha value is -3.64. The molecule has 0 amide bonds. The second-order valence-electron chi connectivity index (χ2n) is 8.80. The standard InChI is InChI=1S/C28H28N4OS/c1-19(2)33-23-15-13-22(14-16-23)32-27(26(30-28(32)34)24-7-4-5-17-29-24)25-8-6-18-31(25)21-11-9-20(3)10-12-21/h4-19,26-27H,1-3H3,(H,30,34)/t26-,27-/m0/s1. The van der Waals surface area contributed by atoms with Gasteiger partial charge in [0.25, 0.3) is 0 Å². The Bertz CT molecular complexity index is 1270. The molecule has 2 aromatic heterocycles. The molecule has 2 atom stereocenters. The minimum atomic E-state index is -0.0978. The fraction of sp³-hybridized carbons (Fsp3) is 0.214. The van der Waals surface area contributed by atoms with Crippen LogP contribution in [0.2, 0.25) is 0 Å². The first kappa shape index (κ1) is 22.2. The van der Waals surface area contributed by atoms with Crippen molar-refractivity contribution in [3.8, 4) is 11.4 Å². The highest BCUT2D eigenvalue weighted by Gasteiger charge is 2.42. The van der Waals surface area contributed by atoms with Gasteiger partial charge in [0.05, 0.1) is 17.8 Å². The van der Waals surface area contributed by atoms with Crippen LogP contribution in [0.1, 0.15) is 42.9 Å². The van der Waals surface area contributed by atoms with Gasteiger partial charge in [-0.2, -0.15) is 0 Å². The van der Waals surface area contributed by atoms with Gasteiger partial charge in [-0.05, 0) is 93.7 Å². The van der Waals surface area contributed by atoms with E-state index in [1.807, 2.05) is 44.3 Å². The van der Waals surface area contributed by atoms with E-state index in [1.165, 1.54) is 5.56 Å². The number of benzene rings is 2. The van der Waals surface area contributed by atoms with Crippen molar-refractivity contribution in [3.63, 3.8) is 0 Å². The zero-order chi connectivity index (χ0) is 23.7. The van der Waals surface area contributed by atoms with Gasteiger partial charge < -0.3 is 19.5 Å². The van der Waals surface area contributed by atoms with Crippen molar-refractivity contribution >= 4 is 23.0 Å². The molecule has 0 radical (unpaired) electrons. The summed E-state index contributed by atoms with van der Waals surface area (Å²) in [5.41, 5.74) is 5.44. The lowest BCUT2D eigenvalue weighted by molar-refractivity contribution is 0.242. The van der Waals surface area contributed by atoms with Crippen molar-refractivity contribution in [2.45, 2.75) is 39.0 Å². The number of aromatic nitrogens is 2. The Morgan fingerprint density at radius 2 is 1.65 bits per heavy atom. The molecule has 1 aliphatic rings. The SMILES string of the molecule is Cc1ccc(-n2cccc2[C@H]2[C@H](c3ccccn3)NC(=S)N2c2ccc(OC(C)C)cc2)cc1. The summed E-state index contributed by atoms with van der Waals surface area (Å²) in [6, 6.07) is 26.8. The lowest BCUT2D eigenvalue weighted by atomic mass is 10.0. The summed E-state index contributed by atoms with van der Waals surface area (Å²) in [7, 11) is 0. The molecule has 1 fully saturated rings. The Morgan fingerprint density at radius 3 is 2.32 bits per heavy atom. The van der Waals surface area contributed by atoms with Gasteiger partial charge in [0.1, 0.15) is 11.8 Å². The first-order valence-electron chi connectivity index (χ1n) is 11.5. The Labute approximate surface area is 206 Å². The fourth-order valence-electron chi connectivity index (χ4n) is 4.47. The van der Waals surface area contributed by atoms with Crippen molar-refractivity contribution in [2.75, 3.05) is 4.90 Å². The highest BCUT2D eigenvalue weighted by Crippen LogP contribution is 2.42. The predicted molar refractivity (Wildman–Crippen MR) is 141 cm³/mol. The third kappa shape index (κ3) is 4.29. The number of ether oxygens (including phenoxy) is 1. The van der Waals surface area contributed by atoms with Gasteiger partial charge in [0, 0.05) is 29.5 Å². The van der Waals surface area contributed by atoms with Crippen LogP contribution in [0.25, 0.3) is 5.69 Å². The number of rotatable bonds is 6. The Kier molecular flexibility index (Phi) is 6.07. The highest BCUT2D eigenvalue weighted by molar-refractivity contribution is 7.80. The van der Waals surface area contributed by atoms with Gasteiger partial charge in [-0.25, -0.2) is 0 Å². The van der Waals surface area contributed by atoms with Crippen LogP contribution >= 0.6 is 12.2 Å². The number of hydrogen-bond acceptors (Lipinski definition) is 3. The molecule has 34 heavy (non-hydrogen) atoms. The van der Waals surface area contributed by atoms with Crippen LogP contribution in [0, 0.1) is 6.92 Å². The molecule has 5 rings (SSSR count). The average Bonchev–Trinajstić information content (AvgIpc) is 3.45. The van der Waals surface area contributed by atoms with E-state index in [9.17, 15) is 0 Å². The van der Waals surface area contributed by atoms with Crippen LogP contribution < -0.4 is 15.0 Å². The van der Waals surface area contributed by atoms with Crippen LogP contribution in [0.4, 0.5) is 5.69 Å². The number of thiocarbonyl (C=S) groups is 1. The number of aryl methyl sites for hydroxylation is 1. The van der Waals surface area contributed by atoms with E-state index < -0.39 is 0 Å². The highest BCUT2D eigenvalue weighted by atomic mass is 32.1. The van der Waals surface area contributed by atoms with E-state index in [0.29, 0.717) is 5.11 Å². The molecule has 1 aliphatic heterocycles. The average molecular weight is 469 g/mol. The molecule has 0 spiro atoms. The van der Waals surface area contributed by atoms with E-state index in [2.05, 4.69) is 87.5 Å². The van der Waals surface area contributed by atoms with Crippen molar-refractivity contribution in [1.82, 2.24) is 14.9 Å². The second-order valence-corrected chi connectivity index (χ2v) is 9.18. The largest absolute Gasteiger partial charge is 0.491 e. The summed E-state index contributed by atoms with van der Waals surface area (Å²) in [4.78, 5) is 6.85. The smallest absolute Gasteiger partial charge is 0.174 e. The Morgan fingerprint density at radius 1 is 0.912 bits per heavy atom. The minimum Gasteiger partial charge on any atom is -0.491 e. The summed E-state index contributed by atoms with van der Waals surface area (Å²) in [6.07, 6.45) is 4.06. The van der Waals surface area contributed by atoms with Gasteiger partial charge >= 0.3 is 0 Å². The molecule has 0 unspecified atom stereocenters. The fourth-order valence-corrected chi connectivity index (χ4v) is 4.81. The number of nitrogens with one attached hydrogen (secondary N) is 1. The molecule has 6 heteroatoms. The van der Waals surface area contributed by atoms with Gasteiger partial charge in [0.15, 0.2) is 5.11 Å². The van der Waals surface area contributed by atoms with Crippen LogP contribution in [-0.4, -0.2) is 20.8 Å². The van der Waals surface area contributed by atoms with E-state index >= 15 is 0 Å². The first-order chi connectivity index (χ1) is 16.5. The van der Waals surface area contributed by atoms with Crippen molar-refractivity contribution in [3.05, 3.63) is 108 Å². The Balaban J connectivity index is 1.60. The van der Waals surface area contributed by atoms with Crippen LogP contribution in [0.5, 0.6) is 5.75 Å². The molecule has 1 saturated heterocycles.